The van der Waals surface area contributed by atoms with Crippen LogP contribution in [-0.4, -0.2) is 29.0 Å². The van der Waals surface area contributed by atoms with Gasteiger partial charge in [-0.25, -0.2) is 4.79 Å². The lowest BCUT2D eigenvalue weighted by Crippen LogP contribution is -2.26. The van der Waals surface area contributed by atoms with E-state index in [1.165, 1.54) is 30.6 Å². The van der Waals surface area contributed by atoms with Gasteiger partial charge in [0.25, 0.3) is 0 Å². The van der Waals surface area contributed by atoms with E-state index < -0.39 is 12.3 Å². The Balaban J connectivity index is 2.14. The van der Waals surface area contributed by atoms with Crippen LogP contribution < -0.4 is 9.47 Å². The van der Waals surface area contributed by atoms with Crippen molar-refractivity contribution in [3.63, 3.8) is 0 Å². The molecule has 0 unspecified atom stereocenters. The number of nitrogens with zero attached hydrogens (tertiary/aromatic N) is 2. The molecule has 1 aromatic heterocycles. The van der Waals surface area contributed by atoms with Gasteiger partial charge < -0.3 is 23.9 Å². The van der Waals surface area contributed by atoms with Crippen LogP contribution in [0.15, 0.2) is 36.9 Å². The van der Waals surface area contributed by atoms with Gasteiger partial charge in [0, 0.05) is 23.5 Å². The van der Waals surface area contributed by atoms with Crippen molar-refractivity contribution in [3.05, 3.63) is 42.4 Å². The molecule has 0 spiro atoms. The zero-order valence-corrected chi connectivity index (χ0v) is 12.7. The molecule has 1 N–H and O–H groups in total. The van der Waals surface area contributed by atoms with Crippen molar-refractivity contribution in [1.82, 2.24) is 4.57 Å². The second-order valence-corrected chi connectivity index (χ2v) is 4.91. The van der Waals surface area contributed by atoms with Crippen LogP contribution in [-0.2, 0) is 9.53 Å². The number of aliphatic hydroxyl groups excluding tert-OH is 1. The maximum absolute atomic E-state index is 13.3. The van der Waals surface area contributed by atoms with Crippen LogP contribution in [0.5, 0.6) is 11.5 Å². The lowest BCUT2D eigenvalue weighted by atomic mass is 10.0. The Morgan fingerprint density at radius 3 is 2.76 bits per heavy atom. The van der Waals surface area contributed by atoms with E-state index >= 15 is 0 Å². The Kier molecular flexibility index (Phi) is 3.81. The van der Waals surface area contributed by atoms with E-state index in [1.54, 1.807) is 0 Å². The number of hydrogen-bond acceptors (Lipinski definition) is 6. The molecule has 7 nitrogen and oxygen atoms in total. The Morgan fingerprint density at radius 1 is 1.36 bits per heavy atom. The van der Waals surface area contributed by atoms with Gasteiger partial charge in [0.1, 0.15) is 12.3 Å². The standard InChI is InChI=1S/C16H10F2N2O5/c1-23-15(22)12(8-21)20-6-9(5-19)11(7-20)10-3-2-4-13-14(10)25-16(17,18)24-13/h2-4,6-8,21H,1H3. The summed E-state index contributed by atoms with van der Waals surface area (Å²) in [4.78, 5) is 11.7. The number of aliphatic hydroxyl groups is 1. The van der Waals surface area contributed by atoms with Crippen LogP contribution >= 0.6 is 0 Å². The van der Waals surface area contributed by atoms with E-state index in [0.717, 1.165) is 11.7 Å². The van der Waals surface area contributed by atoms with Crippen molar-refractivity contribution in [2.75, 3.05) is 7.11 Å². The molecule has 0 bridgehead atoms. The highest BCUT2D eigenvalue weighted by Gasteiger charge is 2.44. The monoisotopic (exact) mass is 348 g/mol. The second kappa shape index (κ2) is 5.83. The molecule has 3 rings (SSSR count). The highest BCUT2D eigenvalue weighted by molar-refractivity contribution is 6.09. The molecule has 0 atom stereocenters. The van der Waals surface area contributed by atoms with Crippen molar-refractivity contribution < 1.29 is 32.9 Å². The fourth-order valence-corrected chi connectivity index (χ4v) is 2.41. The number of hydrogen-bond donors (Lipinski definition) is 1. The third-order valence-electron chi connectivity index (χ3n) is 3.46. The summed E-state index contributed by atoms with van der Waals surface area (Å²) in [5.74, 6) is -1.25. The Morgan fingerprint density at radius 2 is 2.12 bits per heavy atom. The number of halogens is 2. The van der Waals surface area contributed by atoms with Crippen molar-refractivity contribution in [3.8, 4) is 28.7 Å². The Labute approximate surface area is 139 Å². The molecule has 128 valence electrons. The first kappa shape index (κ1) is 16.3. The number of aromatic nitrogens is 1. The Hall–Kier alpha value is -3.54. The highest BCUT2D eigenvalue weighted by atomic mass is 19.3. The number of methoxy groups -OCH3 is 1. The van der Waals surface area contributed by atoms with E-state index in [0.29, 0.717) is 6.26 Å². The van der Waals surface area contributed by atoms with Gasteiger partial charge in [0.15, 0.2) is 17.2 Å². The summed E-state index contributed by atoms with van der Waals surface area (Å²) in [6.07, 6.45) is -0.732. The quantitative estimate of drug-likeness (QED) is 0.521. The number of esters is 1. The number of nitriles is 1. The number of rotatable bonds is 3. The molecule has 2 aromatic rings. The van der Waals surface area contributed by atoms with E-state index in [4.69, 9.17) is 0 Å². The van der Waals surface area contributed by atoms with Gasteiger partial charge in [-0.3, -0.25) is 0 Å². The predicted octanol–water partition coefficient (Wildman–Crippen LogP) is 2.88. The number of carbonyl (C=O) groups excluding carboxylic acids is 1. The third-order valence-corrected chi connectivity index (χ3v) is 3.46. The lowest BCUT2D eigenvalue weighted by molar-refractivity contribution is -0.286. The molecule has 0 saturated heterocycles. The van der Waals surface area contributed by atoms with E-state index in [1.807, 2.05) is 6.07 Å². The molecule has 1 aliphatic rings. The van der Waals surface area contributed by atoms with Gasteiger partial charge in [0.05, 0.1) is 12.7 Å². The summed E-state index contributed by atoms with van der Waals surface area (Å²) in [6, 6.07) is 6.12. The fraction of sp³-hybridized carbons (Fsp3) is 0.125. The molecule has 0 amide bonds. The van der Waals surface area contributed by atoms with Gasteiger partial charge in [-0.05, 0) is 6.07 Å². The number of benzene rings is 1. The number of fused-ring (bicyclic) bond motifs is 1. The highest BCUT2D eigenvalue weighted by Crippen LogP contribution is 2.47. The first-order chi connectivity index (χ1) is 11.9. The molecule has 1 aliphatic heterocycles. The van der Waals surface area contributed by atoms with Crippen molar-refractivity contribution in [2.24, 2.45) is 0 Å². The molecular formula is C16H10F2N2O5. The minimum Gasteiger partial charge on any atom is -0.513 e. The normalized spacial score (nSPS) is 14.9. The van der Waals surface area contributed by atoms with Crippen LogP contribution in [0.25, 0.3) is 16.8 Å². The second-order valence-electron chi connectivity index (χ2n) is 4.91. The predicted molar refractivity (Wildman–Crippen MR) is 79.7 cm³/mol. The molecule has 0 radical (unpaired) electrons. The van der Waals surface area contributed by atoms with Crippen LogP contribution in [0, 0.1) is 11.3 Å². The first-order valence-electron chi connectivity index (χ1n) is 6.84. The minimum absolute atomic E-state index is 0.0652. The van der Waals surface area contributed by atoms with Crippen LogP contribution in [0.2, 0.25) is 0 Å². The molecular weight excluding hydrogens is 338 g/mol. The first-order valence-corrected chi connectivity index (χ1v) is 6.84. The number of alkyl halides is 2. The van der Waals surface area contributed by atoms with Gasteiger partial charge in [-0.2, -0.15) is 5.26 Å². The van der Waals surface area contributed by atoms with Crippen LogP contribution in [0.4, 0.5) is 8.78 Å². The topological polar surface area (TPSA) is 93.7 Å². The zero-order chi connectivity index (χ0) is 18.2. The molecule has 1 aromatic carbocycles. The molecule has 2 heterocycles. The van der Waals surface area contributed by atoms with Gasteiger partial charge >= 0.3 is 12.3 Å². The SMILES string of the molecule is COC(=O)C(=CO)n1cc(C#N)c(-c2cccc3c2OC(F)(F)O3)c1. The molecule has 9 heteroatoms. The van der Waals surface area contributed by atoms with Crippen LogP contribution in [0.3, 0.4) is 0 Å². The number of ether oxygens (including phenoxy) is 3. The maximum atomic E-state index is 13.3. The third kappa shape index (κ3) is 2.74. The minimum atomic E-state index is -3.81. The van der Waals surface area contributed by atoms with Crippen molar-refractivity contribution in [2.45, 2.75) is 6.29 Å². The zero-order valence-electron chi connectivity index (χ0n) is 12.7. The van der Waals surface area contributed by atoms with Gasteiger partial charge in [-0.15, -0.1) is 8.78 Å². The lowest BCUT2D eigenvalue weighted by Gasteiger charge is -2.07. The fourth-order valence-electron chi connectivity index (χ4n) is 2.41. The number of carbonyl (C=O) groups is 1. The smallest absolute Gasteiger partial charge is 0.513 e. The van der Waals surface area contributed by atoms with Crippen molar-refractivity contribution >= 4 is 11.7 Å². The largest absolute Gasteiger partial charge is 0.586 e. The van der Waals surface area contributed by atoms with Crippen LogP contribution in [0.1, 0.15) is 5.56 Å². The van der Waals surface area contributed by atoms with Gasteiger partial charge in [-0.1, -0.05) is 12.1 Å². The Bertz CT molecular complexity index is 927. The van der Waals surface area contributed by atoms with Gasteiger partial charge in [0.2, 0.25) is 0 Å². The summed E-state index contributed by atoms with van der Waals surface area (Å²) < 4.78 is 41.3. The molecule has 0 aliphatic carbocycles. The van der Waals surface area contributed by atoms with Crippen molar-refractivity contribution in [1.29, 1.82) is 5.26 Å². The molecule has 25 heavy (non-hydrogen) atoms. The number of para-hydroxylation sites is 1. The maximum Gasteiger partial charge on any atom is 0.586 e. The summed E-state index contributed by atoms with van der Waals surface area (Å²) in [5.41, 5.74) is 0.187. The summed E-state index contributed by atoms with van der Waals surface area (Å²) in [7, 11) is 1.12. The molecule has 0 saturated carbocycles. The summed E-state index contributed by atoms with van der Waals surface area (Å²) in [6.45, 7) is 0. The molecule has 0 fully saturated rings. The van der Waals surface area contributed by atoms with E-state index in [2.05, 4.69) is 14.2 Å². The summed E-state index contributed by atoms with van der Waals surface area (Å²) in [5, 5.41) is 18.6. The average molecular weight is 348 g/mol. The van der Waals surface area contributed by atoms with E-state index in [9.17, 15) is 23.9 Å². The van der Waals surface area contributed by atoms with E-state index in [-0.39, 0.29) is 33.9 Å². The summed E-state index contributed by atoms with van der Waals surface area (Å²) >= 11 is 0. The average Bonchev–Trinajstić information content (AvgIpc) is 3.13.